The van der Waals surface area contributed by atoms with Gasteiger partial charge in [0.05, 0.1) is 0 Å². The zero-order valence-corrected chi connectivity index (χ0v) is 7.81. The molecule has 11 heavy (non-hydrogen) atoms. The first-order valence-electron chi connectivity index (χ1n) is 3.86. The molecular formula is C11H16. The first kappa shape index (κ1) is 10.0. The molecule has 0 aliphatic carbocycles. The van der Waals surface area contributed by atoms with Gasteiger partial charge in [-0.2, -0.15) is 0 Å². The van der Waals surface area contributed by atoms with Crippen LogP contribution in [-0.4, -0.2) is 0 Å². The minimum Gasteiger partial charge on any atom is -0.122 e. The van der Waals surface area contributed by atoms with Gasteiger partial charge in [0.15, 0.2) is 0 Å². The van der Waals surface area contributed by atoms with Gasteiger partial charge in [0.2, 0.25) is 0 Å². The van der Waals surface area contributed by atoms with E-state index in [0.29, 0.717) is 0 Å². The summed E-state index contributed by atoms with van der Waals surface area (Å²) >= 11 is 0. The van der Waals surface area contributed by atoms with Crippen LogP contribution in [0.5, 0.6) is 0 Å². The average Bonchev–Trinajstić information content (AvgIpc) is 1.87. The van der Waals surface area contributed by atoms with E-state index in [9.17, 15) is 0 Å². The molecule has 0 N–H and O–H groups in total. The molecule has 0 aromatic heterocycles. The topological polar surface area (TPSA) is 0 Å². The molecule has 0 nitrogen and oxygen atoms in total. The maximum Gasteiger partial charge on any atom is -0.00949 e. The van der Waals surface area contributed by atoms with Crippen molar-refractivity contribution in [2.24, 2.45) is 0 Å². The van der Waals surface area contributed by atoms with Crippen LogP contribution in [0.1, 0.15) is 27.7 Å². The predicted molar refractivity (Wildman–Crippen MR) is 51.5 cm³/mol. The molecule has 0 aromatic carbocycles. The summed E-state index contributed by atoms with van der Waals surface area (Å²) in [4.78, 5) is 0. The van der Waals surface area contributed by atoms with E-state index in [-0.39, 0.29) is 0 Å². The molecule has 0 radical (unpaired) electrons. The van der Waals surface area contributed by atoms with E-state index in [2.05, 4.69) is 25.7 Å². The van der Waals surface area contributed by atoms with Gasteiger partial charge in [0, 0.05) is 0 Å². The fraction of sp³-hybridized carbons (Fsp3) is 0.364. The SMILES string of the molecule is CC=C=C(C)C=CC=C(C)C. The van der Waals surface area contributed by atoms with Crippen LogP contribution >= 0.6 is 0 Å². The number of rotatable bonds is 2. The smallest absolute Gasteiger partial charge is 0.00949 e. The molecular weight excluding hydrogens is 132 g/mol. The molecule has 0 heteroatoms. The van der Waals surface area contributed by atoms with Gasteiger partial charge in [0.25, 0.3) is 0 Å². The molecule has 0 aromatic rings. The van der Waals surface area contributed by atoms with Crippen molar-refractivity contribution in [3.05, 3.63) is 41.2 Å². The molecule has 0 saturated heterocycles. The minimum absolute atomic E-state index is 1.16. The van der Waals surface area contributed by atoms with E-state index < -0.39 is 0 Å². The maximum atomic E-state index is 3.09. The van der Waals surface area contributed by atoms with Crippen molar-refractivity contribution in [3.8, 4) is 0 Å². The highest BCUT2D eigenvalue weighted by atomic mass is 13.8. The van der Waals surface area contributed by atoms with Crippen LogP contribution in [-0.2, 0) is 0 Å². The van der Waals surface area contributed by atoms with Crippen molar-refractivity contribution >= 4 is 0 Å². The Morgan fingerprint density at radius 1 is 1.18 bits per heavy atom. The summed E-state index contributed by atoms with van der Waals surface area (Å²) in [5.74, 6) is 0. The van der Waals surface area contributed by atoms with Crippen molar-refractivity contribution in [1.29, 1.82) is 0 Å². The molecule has 0 amide bonds. The van der Waals surface area contributed by atoms with Gasteiger partial charge < -0.3 is 0 Å². The Bertz CT molecular complexity index is 216. The van der Waals surface area contributed by atoms with Crippen LogP contribution in [0, 0.1) is 0 Å². The standard InChI is InChI=1S/C11H16/c1-5-7-11(4)9-6-8-10(2)3/h5-6,8-9H,1-4H3. The van der Waals surface area contributed by atoms with Gasteiger partial charge in [-0.15, -0.1) is 5.73 Å². The summed E-state index contributed by atoms with van der Waals surface area (Å²) in [6, 6.07) is 0. The second-order valence-corrected chi connectivity index (χ2v) is 2.72. The highest BCUT2D eigenvalue weighted by molar-refractivity contribution is 5.20. The minimum atomic E-state index is 1.16. The summed E-state index contributed by atoms with van der Waals surface area (Å²) in [5, 5.41) is 0. The van der Waals surface area contributed by atoms with Gasteiger partial charge in [-0.25, -0.2) is 0 Å². The molecule has 0 saturated carbocycles. The predicted octanol–water partition coefficient (Wildman–Crippen LogP) is 3.63. The third-order valence-electron chi connectivity index (χ3n) is 1.15. The number of hydrogen-bond donors (Lipinski definition) is 0. The molecule has 0 unspecified atom stereocenters. The van der Waals surface area contributed by atoms with E-state index in [1.807, 2.05) is 32.1 Å². The van der Waals surface area contributed by atoms with Crippen LogP contribution < -0.4 is 0 Å². The second-order valence-electron chi connectivity index (χ2n) is 2.72. The molecule has 0 aliphatic rings. The molecule has 0 aliphatic heterocycles. The third kappa shape index (κ3) is 6.89. The first-order valence-corrected chi connectivity index (χ1v) is 3.86. The molecule has 0 atom stereocenters. The summed E-state index contributed by atoms with van der Waals surface area (Å²) in [6.07, 6.45) is 8.09. The van der Waals surface area contributed by atoms with E-state index >= 15 is 0 Å². The molecule has 0 rings (SSSR count). The lowest BCUT2D eigenvalue weighted by molar-refractivity contribution is 1.39. The van der Waals surface area contributed by atoms with Crippen molar-refractivity contribution < 1.29 is 0 Å². The van der Waals surface area contributed by atoms with Crippen LogP contribution in [0.2, 0.25) is 0 Å². The van der Waals surface area contributed by atoms with Crippen LogP contribution in [0.3, 0.4) is 0 Å². The fourth-order valence-corrected chi connectivity index (χ4v) is 0.661. The number of hydrogen-bond acceptors (Lipinski definition) is 0. The van der Waals surface area contributed by atoms with E-state index in [1.54, 1.807) is 0 Å². The summed E-state index contributed by atoms with van der Waals surface area (Å²) in [5.41, 5.74) is 5.57. The van der Waals surface area contributed by atoms with E-state index in [1.165, 1.54) is 5.57 Å². The van der Waals surface area contributed by atoms with Gasteiger partial charge >= 0.3 is 0 Å². The highest BCUT2D eigenvalue weighted by Gasteiger charge is 1.74. The van der Waals surface area contributed by atoms with Gasteiger partial charge in [-0.3, -0.25) is 0 Å². The van der Waals surface area contributed by atoms with Crippen molar-refractivity contribution in [3.63, 3.8) is 0 Å². The van der Waals surface area contributed by atoms with Crippen LogP contribution in [0.25, 0.3) is 0 Å². The van der Waals surface area contributed by atoms with E-state index in [0.717, 1.165) is 5.57 Å². The zero-order valence-electron chi connectivity index (χ0n) is 7.81. The first-order chi connectivity index (χ1) is 5.16. The Hall–Kier alpha value is -1.00. The average molecular weight is 148 g/mol. The Balaban J connectivity index is 4.16. The van der Waals surface area contributed by atoms with Crippen molar-refractivity contribution in [2.75, 3.05) is 0 Å². The lowest BCUT2D eigenvalue weighted by Gasteiger charge is -1.83. The van der Waals surface area contributed by atoms with Crippen LogP contribution in [0.4, 0.5) is 0 Å². The molecule has 0 bridgehead atoms. The lowest BCUT2D eigenvalue weighted by atomic mass is 10.2. The quantitative estimate of drug-likeness (QED) is 0.414. The number of allylic oxidation sites excluding steroid dienone is 5. The van der Waals surface area contributed by atoms with Gasteiger partial charge in [0.1, 0.15) is 0 Å². The van der Waals surface area contributed by atoms with Crippen molar-refractivity contribution in [2.45, 2.75) is 27.7 Å². The zero-order chi connectivity index (χ0) is 8.69. The molecule has 0 fully saturated rings. The normalized spacial score (nSPS) is 9.09. The largest absolute Gasteiger partial charge is 0.122 e. The Kier molecular flexibility index (Phi) is 5.24. The molecule has 0 heterocycles. The molecule has 60 valence electrons. The summed E-state index contributed by atoms with van der Waals surface area (Å²) < 4.78 is 0. The highest BCUT2D eigenvalue weighted by Crippen LogP contribution is 1.94. The van der Waals surface area contributed by atoms with Crippen molar-refractivity contribution in [1.82, 2.24) is 0 Å². The Morgan fingerprint density at radius 2 is 1.82 bits per heavy atom. The summed E-state index contributed by atoms with van der Waals surface area (Å²) in [7, 11) is 0. The third-order valence-corrected chi connectivity index (χ3v) is 1.15. The maximum absolute atomic E-state index is 3.09. The Morgan fingerprint density at radius 3 is 2.27 bits per heavy atom. The second kappa shape index (κ2) is 5.76. The Labute approximate surface area is 69.6 Å². The van der Waals surface area contributed by atoms with E-state index in [4.69, 9.17) is 0 Å². The summed E-state index contributed by atoms with van der Waals surface area (Å²) in [6.45, 7) is 8.17. The van der Waals surface area contributed by atoms with Crippen LogP contribution in [0.15, 0.2) is 41.2 Å². The van der Waals surface area contributed by atoms with Gasteiger partial charge in [-0.1, -0.05) is 23.8 Å². The molecule has 0 spiro atoms. The fourth-order valence-electron chi connectivity index (χ4n) is 0.661. The lowest BCUT2D eigenvalue weighted by Crippen LogP contribution is -1.63. The monoisotopic (exact) mass is 148 g/mol. The van der Waals surface area contributed by atoms with Gasteiger partial charge in [-0.05, 0) is 39.3 Å².